The van der Waals surface area contributed by atoms with Crippen molar-refractivity contribution >= 4 is 28.9 Å². The van der Waals surface area contributed by atoms with Crippen molar-refractivity contribution in [3.63, 3.8) is 0 Å². The molecule has 3 rings (SSSR count). The molecule has 0 bridgehead atoms. The van der Waals surface area contributed by atoms with E-state index in [1.807, 2.05) is 0 Å². The van der Waals surface area contributed by atoms with E-state index >= 15 is 0 Å². The number of hydrogen-bond acceptors (Lipinski definition) is 5. The molecule has 0 atom stereocenters. The van der Waals surface area contributed by atoms with Gasteiger partial charge >= 0.3 is 5.97 Å². The zero-order valence-electron chi connectivity index (χ0n) is 10.9. The van der Waals surface area contributed by atoms with E-state index in [0.29, 0.717) is 16.9 Å². The third-order valence-electron chi connectivity index (χ3n) is 2.77. The second-order valence-electron chi connectivity index (χ2n) is 4.26. The first-order chi connectivity index (χ1) is 10.5. The topological polar surface area (TPSA) is 80.9 Å². The van der Waals surface area contributed by atoms with Crippen LogP contribution < -0.4 is 0 Å². The third-order valence-corrected chi connectivity index (χ3v) is 3.62. The molecule has 0 aliphatic carbocycles. The van der Waals surface area contributed by atoms with Gasteiger partial charge in [-0.3, -0.25) is 9.36 Å². The van der Waals surface area contributed by atoms with Crippen LogP contribution in [0.2, 0.25) is 0 Å². The number of hydrogen-bond donors (Lipinski definition) is 1. The van der Waals surface area contributed by atoms with Gasteiger partial charge < -0.3 is 5.11 Å². The molecule has 0 fully saturated rings. The van der Waals surface area contributed by atoms with Crippen LogP contribution in [0.25, 0.3) is 16.9 Å². The van der Waals surface area contributed by atoms with Gasteiger partial charge in [-0.15, -0.1) is 0 Å². The van der Waals surface area contributed by atoms with Gasteiger partial charge in [0.05, 0.1) is 17.6 Å². The van der Waals surface area contributed by atoms with E-state index in [-0.39, 0.29) is 10.9 Å². The zero-order chi connectivity index (χ0) is 15.7. The molecule has 112 valence electrons. The summed E-state index contributed by atoms with van der Waals surface area (Å²) in [6, 6.07) is 3.44. The van der Waals surface area contributed by atoms with Gasteiger partial charge in [0.15, 0.2) is 22.4 Å². The maximum atomic E-state index is 13.3. The van der Waals surface area contributed by atoms with Crippen LogP contribution in [-0.2, 0) is 4.79 Å². The van der Waals surface area contributed by atoms with Crippen molar-refractivity contribution in [2.45, 2.75) is 5.16 Å². The maximum absolute atomic E-state index is 13.3. The Morgan fingerprint density at radius 3 is 2.82 bits per heavy atom. The maximum Gasteiger partial charge on any atom is 0.313 e. The van der Waals surface area contributed by atoms with Crippen molar-refractivity contribution in [2.75, 3.05) is 5.75 Å². The molecule has 2 heterocycles. The Morgan fingerprint density at radius 2 is 2.09 bits per heavy atom. The summed E-state index contributed by atoms with van der Waals surface area (Å²) < 4.78 is 27.8. The number of nitrogens with zero attached hydrogens (tertiary/aromatic N) is 4. The van der Waals surface area contributed by atoms with Crippen molar-refractivity contribution in [1.82, 2.24) is 19.5 Å². The number of aromatic nitrogens is 4. The van der Waals surface area contributed by atoms with Crippen LogP contribution in [0, 0.1) is 11.6 Å². The minimum Gasteiger partial charge on any atom is -0.481 e. The fourth-order valence-electron chi connectivity index (χ4n) is 1.81. The smallest absolute Gasteiger partial charge is 0.313 e. The molecule has 0 spiro atoms. The number of halogens is 2. The van der Waals surface area contributed by atoms with Crippen LogP contribution in [-0.4, -0.2) is 36.3 Å². The number of carboxylic acid groups (broad SMARTS) is 1. The number of fused-ring (bicyclic) bond motifs is 1. The van der Waals surface area contributed by atoms with Gasteiger partial charge in [0.1, 0.15) is 11.8 Å². The Bertz CT molecular complexity index is 868. The lowest BCUT2D eigenvalue weighted by molar-refractivity contribution is -0.133. The highest BCUT2D eigenvalue weighted by molar-refractivity contribution is 7.99. The summed E-state index contributed by atoms with van der Waals surface area (Å²) in [6.07, 6.45) is 2.86. The molecule has 2 aromatic heterocycles. The van der Waals surface area contributed by atoms with Gasteiger partial charge in [-0.2, -0.15) is 0 Å². The molecule has 0 aliphatic heterocycles. The normalized spacial score (nSPS) is 11.0. The number of carboxylic acids is 1. The summed E-state index contributed by atoms with van der Waals surface area (Å²) >= 11 is 0.959. The van der Waals surface area contributed by atoms with Crippen molar-refractivity contribution in [2.24, 2.45) is 0 Å². The van der Waals surface area contributed by atoms with E-state index < -0.39 is 17.6 Å². The molecular formula is C13H8F2N4O2S. The van der Waals surface area contributed by atoms with Crippen molar-refractivity contribution < 1.29 is 18.7 Å². The lowest BCUT2D eigenvalue weighted by Gasteiger charge is -2.04. The van der Waals surface area contributed by atoms with E-state index in [0.717, 1.165) is 23.9 Å². The SMILES string of the molecule is O=C(O)CSc1ncc2ncn(-c3ccc(F)c(F)c3)c2n1. The summed E-state index contributed by atoms with van der Waals surface area (Å²) in [5.41, 5.74) is 1.20. The Balaban J connectivity index is 2.04. The first-order valence-corrected chi connectivity index (χ1v) is 7.03. The molecule has 0 saturated carbocycles. The summed E-state index contributed by atoms with van der Waals surface area (Å²) in [5, 5.41) is 8.93. The van der Waals surface area contributed by atoms with Gasteiger partial charge in [0.2, 0.25) is 0 Å². The summed E-state index contributed by atoms with van der Waals surface area (Å²) in [5.74, 6) is -3.08. The van der Waals surface area contributed by atoms with Crippen molar-refractivity contribution in [1.29, 1.82) is 0 Å². The predicted molar refractivity (Wildman–Crippen MR) is 74.9 cm³/mol. The van der Waals surface area contributed by atoms with Gasteiger partial charge in [-0.05, 0) is 12.1 Å². The standard InChI is InChI=1S/C13H8F2N4O2S/c14-8-2-1-7(3-9(8)15)19-6-17-10-4-16-13(18-12(10)19)22-5-11(20)21/h1-4,6H,5H2,(H,20,21). The number of rotatable bonds is 4. The second kappa shape index (κ2) is 5.68. The number of thioether (sulfide) groups is 1. The van der Waals surface area contributed by atoms with Crippen LogP contribution in [0.4, 0.5) is 8.78 Å². The number of aliphatic carboxylic acids is 1. The molecule has 0 aliphatic rings. The molecule has 22 heavy (non-hydrogen) atoms. The van der Waals surface area contributed by atoms with Crippen molar-refractivity contribution in [3.8, 4) is 5.69 Å². The quantitative estimate of drug-likeness (QED) is 0.586. The third kappa shape index (κ3) is 2.75. The number of imidazole rings is 1. The predicted octanol–water partition coefficient (Wildman–Crippen LogP) is 2.27. The summed E-state index contributed by atoms with van der Waals surface area (Å²) in [6.45, 7) is 0. The molecule has 0 saturated heterocycles. The van der Waals surface area contributed by atoms with E-state index in [2.05, 4.69) is 15.0 Å². The molecule has 1 aromatic carbocycles. The van der Waals surface area contributed by atoms with E-state index in [4.69, 9.17) is 5.11 Å². The highest BCUT2D eigenvalue weighted by atomic mass is 32.2. The summed E-state index contributed by atoms with van der Waals surface area (Å²) in [4.78, 5) is 22.9. The summed E-state index contributed by atoms with van der Waals surface area (Å²) in [7, 11) is 0. The Hall–Kier alpha value is -2.55. The van der Waals surface area contributed by atoms with Crippen LogP contribution in [0.15, 0.2) is 35.9 Å². The van der Waals surface area contributed by atoms with Crippen LogP contribution in [0.3, 0.4) is 0 Å². The minimum absolute atomic E-state index is 0.176. The lowest BCUT2D eigenvalue weighted by Crippen LogP contribution is -2.01. The van der Waals surface area contributed by atoms with Gasteiger partial charge in [-0.1, -0.05) is 11.8 Å². The average molecular weight is 322 g/mol. The van der Waals surface area contributed by atoms with Gasteiger partial charge in [0, 0.05) is 6.07 Å². The molecule has 0 radical (unpaired) electrons. The first kappa shape index (κ1) is 14.4. The second-order valence-corrected chi connectivity index (χ2v) is 5.20. The van der Waals surface area contributed by atoms with Crippen LogP contribution in [0.1, 0.15) is 0 Å². The Morgan fingerprint density at radius 1 is 1.27 bits per heavy atom. The molecule has 6 nitrogen and oxygen atoms in total. The lowest BCUT2D eigenvalue weighted by atomic mass is 10.3. The minimum atomic E-state index is -0.984. The Labute approximate surface area is 126 Å². The number of benzene rings is 1. The molecule has 0 unspecified atom stereocenters. The first-order valence-electron chi connectivity index (χ1n) is 6.04. The van der Waals surface area contributed by atoms with E-state index in [1.54, 1.807) is 0 Å². The highest BCUT2D eigenvalue weighted by Gasteiger charge is 2.11. The fourth-order valence-corrected chi connectivity index (χ4v) is 2.34. The monoisotopic (exact) mass is 322 g/mol. The van der Waals surface area contributed by atoms with Gasteiger partial charge in [0.25, 0.3) is 0 Å². The van der Waals surface area contributed by atoms with Crippen molar-refractivity contribution in [3.05, 3.63) is 42.4 Å². The Kier molecular flexibility index (Phi) is 3.72. The highest BCUT2D eigenvalue weighted by Crippen LogP contribution is 2.20. The zero-order valence-corrected chi connectivity index (χ0v) is 11.7. The number of carbonyl (C=O) groups is 1. The molecule has 3 aromatic rings. The molecular weight excluding hydrogens is 314 g/mol. The van der Waals surface area contributed by atoms with Gasteiger partial charge in [-0.25, -0.2) is 23.7 Å². The fraction of sp³-hybridized carbons (Fsp3) is 0.0769. The van der Waals surface area contributed by atoms with Crippen LogP contribution >= 0.6 is 11.8 Å². The van der Waals surface area contributed by atoms with E-state index in [1.165, 1.54) is 23.2 Å². The molecule has 9 heteroatoms. The molecule has 1 N–H and O–H groups in total. The molecule has 0 amide bonds. The van der Waals surface area contributed by atoms with Crippen LogP contribution in [0.5, 0.6) is 0 Å². The average Bonchev–Trinajstić information content (AvgIpc) is 2.91. The van der Waals surface area contributed by atoms with E-state index in [9.17, 15) is 13.6 Å². The largest absolute Gasteiger partial charge is 0.481 e.